The molecule has 126 valence electrons. The minimum Gasteiger partial charge on any atom is -0.333 e. The number of fused-ring (bicyclic) bond motifs is 2. The Bertz CT molecular complexity index is 679. The maximum absolute atomic E-state index is 12.3. The van der Waals surface area contributed by atoms with Crippen LogP contribution in [0, 0.1) is 0 Å². The minimum absolute atomic E-state index is 0.0687. The van der Waals surface area contributed by atoms with Gasteiger partial charge in [-0.3, -0.25) is 19.7 Å². The number of carbonyl (C=O) groups is 2. The molecule has 2 bridgehead atoms. The van der Waals surface area contributed by atoms with Crippen LogP contribution in [0.1, 0.15) is 17.5 Å². The third kappa shape index (κ3) is 3.55. The van der Waals surface area contributed by atoms with E-state index in [0.717, 1.165) is 30.6 Å². The maximum Gasteiger partial charge on any atom is 0.267 e. The average molecular weight is 327 g/mol. The standard InChI is InChI=1S/C18H21N3O3/c1-20-11-16-10-15(20)12-21(16)18(23)9-7-14-4-2-13(3-5-14)6-8-17(22)19-24/h2-9,15-16,24H,10-12H2,1H3,(H,19,22)/b8-6+,9-7+. The highest BCUT2D eigenvalue weighted by Crippen LogP contribution is 2.29. The van der Waals surface area contributed by atoms with Crippen LogP contribution >= 0.6 is 0 Å². The van der Waals surface area contributed by atoms with Gasteiger partial charge in [0.2, 0.25) is 5.91 Å². The summed E-state index contributed by atoms with van der Waals surface area (Å²) in [6.45, 7) is 1.79. The quantitative estimate of drug-likeness (QED) is 0.494. The lowest BCUT2D eigenvalue weighted by Crippen LogP contribution is -2.46. The molecule has 0 aliphatic carbocycles. The number of likely N-dealkylation sites (N-methyl/N-ethyl adjacent to an activating group) is 1. The Kier molecular flexibility index (Phi) is 4.78. The summed E-state index contributed by atoms with van der Waals surface area (Å²) in [5, 5.41) is 8.42. The first-order valence-corrected chi connectivity index (χ1v) is 7.98. The average Bonchev–Trinajstić information content (AvgIpc) is 3.17. The monoisotopic (exact) mass is 327 g/mol. The summed E-state index contributed by atoms with van der Waals surface area (Å²) >= 11 is 0. The Morgan fingerprint density at radius 3 is 2.21 bits per heavy atom. The molecule has 24 heavy (non-hydrogen) atoms. The molecule has 6 nitrogen and oxygen atoms in total. The fourth-order valence-corrected chi connectivity index (χ4v) is 3.33. The second-order valence-corrected chi connectivity index (χ2v) is 6.28. The molecule has 2 unspecified atom stereocenters. The summed E-state index contributed by atoms with van der Waals surface area (Å²) in [6.07, 6.45) is 7.37. The van der Waals surface area contributed by atoms with Gasteiger partial charge in [-0.15, -0.1) is 0 Å². The molecule has 2 aliphatic heterocycles. The van der Waals surface area contributed by atoms with Gasteiger partial charge in [0.05, 0.1) is 0 Å². The molecule has 1 aromatic rings. The van der Waals surface area contributed by atoms with Crippen LogP contribution in [-0.2, 0) is 9.59 Å². The molecule has 1 aromatic carbocycles. The Hall–Kier alpha value is -2.44. The van der Waals surface area contributed by atoms with Crippen LogP contribution in [0.2, 0.25) is 0 Å². The van der Waals surface area contributed by atoms with Crippen molar-refractivity contribution in [2.75, 3.05) is 20.1 Å². The first-order chi connectivity index (χ1) is 11.6. The van der Waals surface area contributed by atoms with Gasteiger partial charge in [-0.05, 0) is 36.7 Å². The number of likely N-dealkylation sites (tertiary alicyclic amines) is 2. The van der Waals surface area contributed by atoms with Crippen molar-refractivity contribution in [3.63, 3.8) is 0 Å². The molecule has 2 saturated heterocycles. The van der Waals surface area contributed by atoms with E-state index in [2.05, 4.69) is 11.9 Å². The van der Waals surface area contributed by atoms with Crippen molar-refractivity contribution in [2.45, 2.75) is 18.5 Å². The van der Waals surface area contributed by atoms with Gasteiger partial charge in [-0.1, -0.05) is 24.3 Å². The van der Waals surface area contributed by atoms with Gasteiger partial charge in [-0.2, -0.15) is 0 Å². The molecular formula is C18H21N3O3. The summed E-state index contributed by atoms with van der Waals surface area (Å²) in [7, 11) is 2.11. The lowest BCUT2D eigenvalue weighted by atomic mass is 10.1. The van der Waals surface area contributed by atoms with Crippen molar-refractivity contribution in [1.82, 2.24) is 15.3 Å². The van der Waals surface area contributed by atoms with E-state index in [9.17, 15) is 9.59 Å². The van der Waals surface area contributed by atoms with Crippen molar-refractivity contribution in [3.05, 3.63) is 47.5 Å². The smallest absolute Gasteiger partial charge is 0.267 e. The molecule has 0 aromatic heterocycles. The molecule has 0 spiro atoms. The van der Waals surface area contributed by atoms with Gasteiger partial charge in [0.15, 0.2) is 0 Å². The molecule has 2 fully saturated rings. The number of nitrogens with zero attached hydrogens (tertiary/aromatic N) is 2. The van der Waals surface area contributed by atoms with Crippen LogP contribution in [0.4, 0.5) is 0 Å². The number of hydrogen-bond acceptors (Lipinski definition) is 4. The van der Waals surface area contributed by atoms with Crippen molar-refractivity contribution >= 4 is 24.0 Å². The summed E-state index contributed by atoms with van der Waals surface area (Å²) in [4.78, 5) is 27.5. The SMILES string of the molecule is CN1CC2CC1CN2C(=O)/C=C/c1ccc(/C=C/C(=O)NO)cc1. The Morgan fingerprint density at radius 2 is 1.71 bits per heavy atom. The molecule has 2 atom stereocenters. The van der Waals surface area contributed by atoms with Gasteiger partial charge in [0, 0.05) is 37.3 Å². The molecule has 2 aliphatic rings. The van der Waals surface area contributed by atoms with E-state index < -0.39 is 5.91 Å². The molecule has 0 radical (unpaired) electrons. The largest absolute Gasteiger partial charge is 0.333 e. The van der Waals surface area contributed by atoms with Crippen molar-refractivity contribution in [1.29, 1.82) is 0 Å². The van der Waals surface area contributed by atoms with Gasteiger partial charge in [0.1, 0.15) is 0 Å². The number of hydroxylamine groups is 1. The third-order valence-electron chi connectivity index (χ3n) is 4.69. The van der Waals surface area contributed by atoms with Crippen molar-refractivity contribution in [2.24, 2.45) is 0 Å². The first kappa shape index (κ1) is 16.4. The van der Waals surface area contributed by atoms with Crippen LogP contribution in [0.5, 0.6) is 0 Å². The number of nitrogens with one attached hydrogen (secondary N) is 1. The summed E-state index contributed by atoms with van der Waals surface area (Å²) in [5.74, 6) is -0.505. The predicted octanol–water partition coefficient (Wildman–Crippen LogP) is 1.13. The summed E-state index contributed by atoms with van der Waals surface area (Å²) in [6, 6.07) is 8.31. The van der Waals surface area contributed by atoms with Gasteiger partial charge >= 0.3 is 0 Å². The molecule has 3 rings (SSSR count). The van der Waals surface area contributed by atoms with Gasteiger partial charge in [-0.25, -0.2) is 5.48 Å². The highest BCUT2D eigenvalue weighted by Gasteiger charge is 2.42. The second kappa shape index (κ2) is 6.98. The number of carbonyl (C=O) groups excluding carboxylic acids is 2. The fraction of sp³-hybridized carbons (Fsp3) is 0.333. The maximum atomic E-state index is 12.3. The molecular weight excluding hydrogens is 306 g/mol. The number of amides is 2. The lowest BCUT2D eigenvalue weighted by Gasteiger charge is -2.31. The zero-order valence-electron chi connectivity index (χ0n) is 13.6. The topological polar surface area (TPSA) is 72.9 Å². The Labute approximate surface area is 141 Å². The van der Waals surface area contributed by atoms with E-state index in [1.165, 1.54) is 11.6 Å². The summed E-state index contributed by atoms with van der Waals surface area (Å²) in [5.41, 5.74) is 3.30. The number of benzene rings is 1. The number of rotatable bonds is 4. The normalized spacial score (nSPS) is 23.5. The number of hydrogen-bond donors (Lipinski definition) is 2. The highest BCUT2D eigenvalue weighted by molar-refractivity contribution is 5.92. The zero-order chi connectivity index (χ0) is 17.1. The number of piperazine rings is 1. The Morgan fingerprint density at radius 1 is 1.08 bits per heavy atom. The molecule has 6 heteroatoms. The van der Waals surface area contributed by atoms with E-state index in [1.807, 2.05) is 35.2 Å². The molecule has 2 amide bonds. The van der Waals surface area contributed by atoms with Crippen LogP contribution in [0.15, 0.2) is 36.4 Å². The second-order valence-electron chi connectivity index (χ2n) is 6.28. The van der Waals surface area contributed by atoms with Crippen LogP contribution in [0.25, 0.3) is 12.2 Å². The van der Waals surface area contributed by atoms with Crippen molar-refractivity contribution in [3.8, 4) is 0 Å². The van der Waals surface area contributed by atoms with Crippen molar-refractivity contribution < 1.29 is 14.8 Å². The third-order valence-corrected chi connectivity index (χ3v) is 4.69. The first-order valence-electron chi connectivity index (χ1n) is 7.98. The van der Waals surface area contributed by atoms with E-state index in [0.29, 0.717) is 12.1 Å². The van der Waals surface area contributed by atoms with E-state index in [4.69, 9.17) is 5.21 Å². The van der Waals surface area contributed by atoms with E-state index in [-0.39, 0.29) is 5.91 Å². The van der Waals surface area contributed by atoms with Crippen LogP contribution < -0.4 is 5.48 Å². The van der Waals surface area contributed by atoms with E-state index in [1.54, 1.807) is 12.2 Å². The van der Waals surface area contributed by atoms with Gasteiger partial charge < -0.3 is 4.90 Å². The fourth-order valence-electron chi connectivity index (χ4n) is 3.33. The molecule has 2 N–H and O–H groups in total. The molecule has 2 heterocycles. The van der Waals surface area contributed by atoms with Crippen LogP contribution in [0.3, 0.4) is 0 Å². The zero-order valence-corrected chi connectivity index (χ0v) is 13.6. The van der Waals surface area contributed by atoms with E-state index >= 15 is 0 Å². The van der Waals surface area contributed by atoms with Crippen LogP contribution in [-0.4, -0.2) is 59.0 Å². The Balaban J connectivity index is 1.58. The minimum atomic E-state index is -0.574. The molecule has 0 saturated carbocycles. The lowest BCUT2D eigenvalue weighted by molar-refractivity contribution is -0.128. The summed E-state index contributed by atoms with van der Waals surface area (Å²) < 4.78 is 0. The van der Waals surface area contributed by atoms with Gasteiger partial charge in [0.25, 0.3) is 5.91 Å². The predicted molar refractivity (Wildman–Crippen MR) is 91.0 cm³/mol. The highest BCUT2D eigenvalue weighted by atomic mass is 16.5.